The Hall–Kier alpha value is -2.42. The first-order valence-corrected chi connectivity index (χ1v) is 6.29. The van der Waals surface area contributed by atoms with Gasteiger partial charge in [0.05, 0.1) is 6.26 Å². The van der Waals surface area contributed by atoms with Crippen molar-refractivity contribution >= 4 is 21.5 Å². The van der Waals surface area contributed by atoms with Crippen LogP contribution in [0.5, 0.6) is 5.75 Å². The van der Waals surface area contributed by atoms with E-state index in [0.717, 1.165) is 0 Å². The van der Waals surface area contributed by atoms with Crippen LogP contribution in [0.3, 0.4) is 0 Å². The fourth-order valence-electron chi connectivity index (χ4n) is 2.31. The largest absolute Gasteiger partial charge is 0.462 e. The molecule has 0 aromatic heterocycles. The number of fused-ring (bicyclic) bond motifs is 3. The van der Waals surface area contributed by atoms with Gasteiger partial charge in [0.25, 0.3) is 0 Å². The fourth-order valence-corrected chi connectivity index (χ4v) is 2.31. The molecule has 1 nitrogen and oxygen atoms in total. The van der Waals surface area contributed by atoms with Crippen LogP contribution >= 0.6 is 0 Å². The van der Waals surface area contributed by atoms with Crippen LogP contribution in [0.2, 0.25) is 0 Å². The van der Waals surface area contributed by atoms with Crippen LogP contribution in [-0.2, 0) is 0 Å². The molecule has 0 heterocycles. The lowest BCUT2D eigenvalue weighted by Crippen LogP contribution is -1.90. The van der Waals surface area contributed by atoms with Gasteiger partial charge in [0.15, 0.2) is 11.6 Å². The van der Waals surface area contributed by atoms with Crippen molar-refractivity contribution in [3.63, 3.8) is 0 Å². The second-order valence-corrected chi connectivity index (χ2v) is 4.46. The summed E-state index contributed by atoms with van der Waals surface area (Å²) in [5, 5.41) is 2.28. The fraction of sp³-hybridized carbons (Fsp3) is 0.0588. The van der Waals surface area contributed by atoms with E-state index < -0.39 is 5.82 Å². The molecule has 3 rings (SSSR count). The summed E-state index contributed by atoms with van der Waals surface area (Å²) in [6.45, 7) is 1.79. The smallest absolute Gasteiger partial charge is 0.173 e. The average Bonchev–Trinajstić information content (AvgIpc) is 2.47. The molecule has 0 aliphatic rings. The number of rotatable bonds is 2. The van der Waals surface area contributed by atoms with Crippen molar-refractivity contribution in [1.29, 1.82) is 0 Å². The summed E-state index contributed by atoms with van der Waals surface area (Å²) in [4.78, 5) is 0. The molecule has 0 radical (unpaired) electrons. The minimum atomic E-state index is -0.438. The third-order valence-corrected chi connectivity index (χ3v) is 3.24. The van der Waals surface area contributed by atoms with Gasteiger partial charge in [-0.3, -0.25) is 0 Å². The van der Waals surface area contributed by atoms with Gasteiger partial charge in [-0.25, -0.2) is 8.78 Å². The quantitative estimate of drug-likeness (QED) is 0.460. The Morgan fingerprint density at radius 2 is 1.55 bits per heavy atom. The SMILES string of the molecule is C/C=C/Oc1ccc2c(ccc3c(F)cccc32)c1F. The summed E-state index contributed by atoms with van der Waals surface area (Å²) in [6, 6.07) is 11.3. The van der Waals surface area contributed by atoms with Gasteiger partial charge in [-0.2, -0.15) is 0 Å². The molecule has 0 atom stereocenters. The van der Waals surface area contributed by atoms with Crippen LogP contribution in [-0.4, -0.2) is 0 Å². The Labute approximate surface area is 115 Å². The highest BCUT2D eigenvalue weighted by Crippen LogP contribution is 2.32. The van der Waals surface area contributed by atoms with E-state index in [0.29, 0.717) is 21.5 Å². The molecular weight excluding hydrogens is 258 g/mol. The topological polar surface area (TPSA) is 9.23 Å². The number of benzene rings is 3. The zero-order chi connectivity index (χ0) is 14.1. The lowest BCUT2D eigenvalue weighted by atomic mass is 10.0. The van der Waals surface area contributed by atoms with Gasteiger partial charge in [0.1, 0.15) is 5.82 Å². The van der Waals surface area contributed by atoms with Gasteiger partial charge < -0.3 is 4.74 Å². The van der Waals surface area contributed by atoms with Crippen molar-refractivity contribution in [3.05, 3.63) is 66.4 Å². The predicted octanol–water partition coefficient (Wildman–Crippen LogP) is 5.18. The van der Waals surface area contributed by atoms with Gasteiger partial charge in [-0.1, -0.05) is 30.3 Å². The lowest BCUT2D eigenvalue weighted by molar-refractivity contribution is 0.444. The Morgan fingerprint density at radius 3 is 2.35 bits per heavy atom. The third-order valence-electron chi connectivity index (χ3n) is 3.24. The third kappa shape index (κ3) is 1.92. The first kappa shape index (κ1) is 12.6. The van der Waals surface area contributed by atoms with E-state index in [-0.39, 0.29) is 11.6 Å². The summed E-state index contributed by atoms with van der Waals surface area (Å²) in [6.07, 6.45) is 3.10. The van der Waals surface area contributed by atoms with Crippen LogP contribution < -0.4 is 4.74 Å². The molecule has 3 heteroatoms. The maximum atomic E-state index is 14.4. The van der Waals surface area contributed by atoms with Crippen molar-refractivity contribution < 1.29 is 13.5 Å². The maximum Gasteiger partial charge on any atom is 0.173 e. The molecule has 100 valence electrons. The molecular formula is C17H12F2O. The maximum absolute atomic E-state index is 14.4. The minimum Gasteiger partial charge on any atom is -0.462 e. The molecule has 0 saturated carbocycles. The van der Waals surface area contributed by atoms with Gasteiger partial charge in [0, 0.05) is 10.8 Å². The Bertz CT molecular complexity index is 822. The second-order valence-electron chi connectivity index (χ2n) is 4.46. The van der Waals surface area contributed by atoms with E-state index >= 15 is 0 Å². The molecule has 3 aromatic carbocycles. The minimum absolute atomic E-state index is 0.159. The molecule has 0 amide bonds. The Morgan fingerprint density at radius 1 is 0.850 bits per heavy atom. The van der Waals surface area contributed by atoms with Crippen LogP contribution in [0.4, 0.5) is 8.78 Å². The molecule has 20 heavy (non-hydrogen) atoms. The molecule has 0 fully saturated rings. The van der Waals surface area contributed by atoms with E-state index in [9.17, 15) is 8.78 Å². The Kier molecular flexibility index (Phi) is 3.11. The summed E-state index contributed by atoms with van der Waals surface area (Å²) in [5.41, 5.74) is 0. The molecule has 0 saturated heterocycles. The normalized spacial score (nSPS) is 11.6. The van der Waals surface area contributed by atoms with Crippen molar-refractivity contribution in [2.75, 3.05) is 0 Å². The number of hydrogen-bond acceptors (Lipinski definition) is 1. The molecule has 0 spiro atoms. The molecule has 3 aromatic rings. The van der Waals surface area contributed by atoms with Gasteiger partial charge in [-0.05, 0) is 35.9 Å². The number of halogens is 2. The highest BCUT2D eigenvalue weighted by Gasteiger charge is 2.11. The molecule has 0 aliphatic heterocycles. The highest BCUT2D eigenvalue weighted by molar-refractivity contribution is 6.08. The van der Waals surface area contributed by atoms with Crippen molar-refractivity contribution in [3.8, 4) is 5.75 Å². The number of allylic oxidation sites excluding steroid dienone is 1. The summed E-state index contributed by atoms with van der Waals surface area (Å²) < 4.78 is 33.3. The number of ether oxygens (including phenoxy) is 1. The molecule has 0 bridgehead atoms. The number of hydrogen-bond donors (Lipinski definition) is 0. The monoisotopic (exact) mass is 270 g/mol. The first-order chi connectivity index (χ1) is 9.72. The van der Waals surface area contributed by atoms with Crippen LogP contribution in [0.25, 0.3) is 21.5 Å². The van der Waals surface area contributed by atoms with Gasteiger partial charge >= 0.3 is 0 Å². The standard InChI is InChI=1S/C17H12F2O/c1-2-10-20-16-9-8-12-11-4-3-5-15(18)13(11)6-7-14(12)17(16)19/h2-10H,1H3/b10-2+. The highest BCUT2D eigenvalue weighted by atomic mass is 19.1. The lowest BCUT2D eigenvalue weighted by Gasteiger charge is -2.08. The van der Waals surface area contributed by atoms with E-state index in [2.05, 4.69) is 0 Å². The van der Waals surface area contributed by atoms with Gasteiger partial charge in [-0.15, -0.1) is 0 Å². The van der Waals surface area contributed by atoms with E-state index in [4.69, 9.17) is 4.74 Å². The first-order valence-electron chi connectivity index (χ1n) is 6.29. The average molecular weight is 270 g/mol. The van der Waals surface area contributed by atoms with Crippen molar-refractivity contribution in [2.24, 2.45) is 0 Å². The van der Waals surface area contributed by atoms with Crippen LogP contribution in [0, 0.1) is 11.6 Å². The predicted molar refractivity (Wildman–Crippen MR) is 76.8 cm³/mol. The van der Waals surface area contributed by atoms with E-state index in [1.165, 1.54) is 12.3 Å². The zero-order valence-corrected chi connectivity index (χ0v) is 10.9. The second kappa shape index (κ2) is 4.93. The van der Waals surface area contributed by atoms with Crippen LogP contribution in [0.15, 0.2) is 54.8 Å². The Balaban J connectivity index is 2.32. The summed E-state index contributed by atoms with van der Waals surface area (Å²) >= 11 is 0. The zero-order valence-electron chi connectivity index (χ0n) is 10.9. The summed E-state index contributed by atoms with van der Waals surface area (Å²) in [7, 11) is 0. The van der Waals surface area contributed by atoms with Gasteiger partial charge in [0.2, 0.25) is 0 Å². The van der Waals surface area contributed by atoms with Crippen molar-refractivity contribution in [1.82, 2.24) is 0 Å². The van der Waals surface area contributed by atoms with Crippen molar-refractivity contribution in [2.45, 2.75) is 6.92 Å². The van der Waals surface area contributed by atoms with E-state index in [1.54, 1.807) is 49.4 Å². The molecule has 0 aliphatic carbocycles. The summed E-state index contributed by atoms with van der Waals surface area (Å²) in [5.74, 6) is -0.586. The molecule has 0 unspecified atom stereocenters. The van der Waals surface area contributed by atoms with E-state index in [1.807, 2.05) is 0 Å². The van der Waals surface area contributed by atoms with Crippen LogP contribution in [0.1, 0.15) is 6.92 Å². The molecule has 0 N–H and O–H groups in total.